The van der Waals surface area contributed by atoms with Crippen molar-refractivity contribution in [3.8, 4) is 10.6 Å². The Balaban J connectivity index is 1.58. The molecule has 0 aliphatic rings. The number of carbonyl (C=O) groups is 1. The van der Waals surface area contributed by atoms with E-state index in [0.717, 1.165) is 37.7 Å². The van der Waals surface area contributed by atoms with Crippen LogP contribution in [-0.4, -0.2) is 32.5 Å². The number of hydrogen-bond donors (Lipinski definition) is 2. The Morgan fingerprint density at radius 1 is 1.17 bits per heavy atom. The van der Waals surface area contributed by atoms with E-state index >= 15 is 0 Å². The molecule has 7 nitrogen and oxygen atoms in total. The van der Waals surface area contributed by atoms with Crippen LogP contribution in [0, 0.1) is 5.41 Å². The average Bonchev–Trinajstić information content (AvgIpc) is 3.28. The van der Waals surface area contributed by atoms with Crippen LogP contribution in [0.2, 0.25) is 0 Å². The highest BCUT2D eigenvalue weighted by atomic mass is 32.1. The number of benzene rings is 1. The quantitative estimate of drug-likeness (QED) is 0.500. The van der Waals surface area contributed by atoms with Crippen LogP contribution in [0.4, 0.5) is 5.82 Å². The van der Waals surface area contributed by atoms with Crippen LogP contribution in [0.3, 0.4) is 0 Å². The summed E-state index contributed by atoms with van der Waals surface area (Å²) < 4.78 is 3.03. The highest BCUT2D eigenvalue weighted by Crippen LogP contribution is 2.35. The maximum Gasteiger partial charge on any atom is 0.220 e. The molecule has 8 heteroatoms. The standard InChI is InChI=1S/C22H26N6OS/c1-22(2,3)10-15(29)24-11-13-6-8-14(9-7-13)21-27-20-18(30-21)17-16(19(23-4)26-20)25-12-28(17)5/h6-9,12H,10-11H2,1-5H3,(H,23,26)(H,24,29). The molecule has 1 aromatic carbocycles. The maximum atomic E-state index is 12.0. The summed E-state index contributed by atoms with van der Waals surface area (Å²) in [5, 5.41) is 7.02. The van der Waals surface area contributed by atoms with E-state index in [1.54, 1.807) is 17.7 Å². The molecule has 0 aliphatic carbocycles. The van der Waals surface area contributed by atoms with Gasteiger partial charge in [0.05, 0.1) is 11.8 Å². The normalized spacial score (nSPS) is 11.9. The number of amides is 1. The fraction of sp³-hybridized carbons (Fsp3) is 0.364. The lowest BCUT2D eigenvalue weighted by Crippen LogP contribution is -2.27. The first-order chi connectivity index (χ1) is 14.2. The minimum Gasteiger partial charge on any atom is -0.371 e. The minimum absolute atomic E-state index is 0.0126. The van der Waals surface area contributed by atoms with Gasteiger partial charge in [-0.25, -0.2) is 15.0 Å². The third-order valence-electron chi connectivity index (χ3n) is 4.82. The molecule has 30 heavy (non-hydrogen) atoms. The van der Waals surface area contributed by atoms with Crippen molar-refractivity contribution in [3.63, 3.8) is 0 Å². The lowest BCUT2D eigenvalue weighted by Gasteiger charge is -2.17. The Kier molecular flexibility index (Phi) is 5.19. The van der Waals surface area contributed by atoms with Crippen molar-refractivity contribution in [2.24, 2.45) is 12.5 Å². The molecule has 4 aromatic rings. The fourth-order valence-corrected chi connectivity index (χ4v) is 4.48. The number of rotatable bonds is 5. The Bertz CT molecular complexity index is 1220. The molecule has 0 saturated heterocycles. The molecule has 156 valence electrons. The largest absolute Gasteiger partial charge is 0.371 e. The summed E-state index contributed by atoms with van der Waals surface area (Å²) >= 11 is 1.62. The van der Waals surface area contributed by atoms with Gasteiger partial charge in [-0.05, 0) is 11.0 Å². The molecule has 3 heterocycles. The molecule has 1 amide bonds. The van der Waals surface area contributed by atoms with Crippen LogP contribution in [0.1, 0.15) is 32.8 Å². The van der Waals surface area contributed by atoms with Crippen molar-refractivity contribution in [2.75, 3.05) is 12.4 Å². The van der Waals surface area contributed by atoms with Crippen LogP contribution in [0.15, 0.2) is 30.6 Å². The molecule has 0 radical (unpaired) electrons. The van der Waals surface area contributed by atoms with E-state index in [1.165, 1.54) is 0 Å². The van der Waals surface area contributed by atoms with Gasteiger partial charge in [0.1, 0.15) is 15.2 Å². The number of imidazole rings is 1. The van der Waals surface area contributed by atoms with E-state index in [4.69, 9.17) is 4.98 Å². The average molecular weight is 423 g/mol. The lowest BCUT2D eigenvalue weighted by molar-refractivity contribution is -0.122. The molecule has 0 saturated carbocycles. The van der Waals surface area contributed by atoms with E-state index in [1.807, 2.05) is 42.9 Å². The molecular weight excluding hydrogens is 396 g/mol. The first kappa shape index (κ1) is 20.3. The Morgan fingerprint density at radius 3 is 2.57 bits per heavy atom. The maximum absolute atomic E-state index is 12.0. The SMILES string of the molecule is CNc1nc2nc(-c3ccc(CNC(=O)CC(C)(C)C)cc3)sc2c2c1ncn2C. The second-order valence-electron chi connectivity index (χ2n) is 8.65. The van der Waals surface area contributed by atoms with Gasteiger partial charge in [-0.15, -0.1) is 11.3 Å². The van der Waals surface area contributed by atoms with Gasteiger partial charge >= 0.3 is 0 Å². The van der Waals surface area contributed by atoms with Crippen LogP contribution in [0.25, 0.3) is 32.0 Å². The second kappa shape index (κ2) is 7.68. The van der Waals surface area contributed by atoms with Crippen molar-refractivity contribution in [1.82, 2.24) is 24.8 Å². The van der Waals surface area contributed by atoms with Crippen molar-refractivity contribution in [1.29, 1.82) is 0 Å². The summed E-state index contributed by atoms with van der Waals surface area (Å²) in [4.78, 5) is 25.9. The molecule has 0 bridgehead atoms. The van der Waals surface area contributed by atoms with E-state index in [9.17, 15) is 4.79 Å². The zero-order valence-electron chi connectivity index (χ0n) is 17.9. The molecule has 0 aliphatic heterocycles. The Morgan fingerprint density at radius 2 is 1.90 bits per heavy atom. The third kappa shape index (κ3) is 4.00. The molecule has 0 unspecified atom stereocenters. The summed E-state index contributed by atoms with van der Waals surface area (Å²) in [6, 6.07) is 8.15. The second-order valence-corrected chi connectivity index (χ2v) is 9.65. The number of aromatic nitrogens is 4. The highest BCUT2D eigenvalue weighted by molar-refractivity contribution is 7.22. The van der Waals surface area contributed by atoms with Gasteiger partial charge in [-0.3, -0.25) is 4.79 Å². The van der Waals surface area contributed by atoms with Gasteiger partial charge in [0.2, 0.25) is 5.91 Å². The van der Waals surface area contributed by atoms with Gasteiger partial charge in [0, 0.05) is 32.6 Å². The molecule has 4 rings (SSSR count). The number of nitrogens with zero attached hydrogens (tertiary/aromatic N) is 4. The number of hydrogen-bond acceptors (Lipinski definition) is 6. The molecule has 0 atom stereocenters. The summed E-state index contributed by atoms with van der Waals surface area (Å²) in [6.07, 6.45) is 2.32. The number of fused-ring (bicyclic) bond motifs is 3. The minimum atomic E-state index is -0.0126. The van der Waals surface area contributed by atoms with E-state index < -0.39 is 0 Å². The lowest BCUT2D eigenvalue weighted by atomic mass is 9.92. The van der Waals surface area contributed by atoms with E-state index in [0.29, 0.717) is 18.6 Å². The number of aryl methyl sites for hydroxylation is 1. The number of thiazole rings is 1. The van der Waals surface area contributed by atoms with E-state index in [2.05, 4.69) is 41.4 Å². The van der Waals surface area contributed by atoms with E-state index in [-0.39, 0.29) is 11.3 Å². The summed E-state index contributed by atoms with van der Waals surface area (Å²) in [5.74, 6) is 0.806. The zero-order valence-corrected chi connectivity index (χ0v) is 18.7. The topological polar surface area (TPSA) is 84.7 Å². The van der Waals surface area contributed by atoms with Crippen molar-refractivity contribution < 1.29 is 4.79 Å². The van der Waals surface area contributed by atoms with Crippen LogP contribution in [0.5, 0.6) is 0 Å². The smallest absolute Gasteiger partial charge is 0.220 e. The van der Waals surface area contributed by atoms with Gasteiger partial charge in [0.25, 0.3) is 0 Å². The number of carbonyl (C=O) groups excluding carboxylic acids is 1. The van der Waals surface area contributed by atoms with Crippen LogP contribution >= 0.6 is 11.3 Å². The van der Waals surface area contributed by atoms with Gasteiger partial charge in [0.15, 0.2) is 11.5 Å². The summed E-state index contributed by atoms with van der Waals surface area (Å²) in [6.45, 7) is 6.71. The fourth-order valence-electron chi connectivity index (χ4n) is 3.38. The monoisotopic (exact) mass is 422 g/mol. The highest BCUT2D eigenvalue weighted by Gasteiger charge is 2.17. The number of pyridine rings is 1. The Hall–Kier alpha value is -3.00. The molecular formula is C22H26N6OS. The summed E-state index contributed by atoms with van der Waals surface area (Å²) in [7, 11) is 3.82. The molecule has 3 aromatic heterocycles. The molecule has 0 spiro atoms. The number of nitrogens with one attached hydrogen (secondary N) is 2. The first-order valence-corrected chi connectivity index (χ1v) is 10.7. The van der Waals surface area contributed by atoms with Crippen molar-refractivity contribution in [3.05, 3.63) is 36.2 Å². The van der Waals surface area contributed by atoms with Crippen LogP contribution in [-0.2, 0) is 18.4 Å². The third-order valence-corrected chi connectivity index (χ3v) is 5.92. The van der Waals surface area contributed by atoms with Crippen LogP contribution < -0.4 is 10.6 Å². The molecule has 2 N–H and O–H groups in total. The summed E-state index contributed by atoms with van der Waals surface area (Å²) in [5.41, 5.74) is 4.68. The predicted molar refractivity (Wildman–Crippen MR) is 123 cm³/mol. The first-order valence-electron chi connectivity index (χ1n) is 9.90. The molecule has 0 fully saturated rings. The van der Waals surface area contributed by atoms with Crippen molar-refractivity contribution >= 4 is 44.4 Å². The predicted octanol–water partition coefficient (Wildman–Crippen LogP) is 4.34. The number of anilines is 1. The van der Waals surface area contributed by atoms with Gasteiger partial charge in [-0.2, -0.15) is 0 Å². The van der Waals surface area contributed by atoms with Gasteiger partial charge < -0.3 is 15.2 Å². The zero-order chi connectivity index (χ0) is 21.5. The Labute approximate surface area is 179 Å². The van der Waals surface area contributed by atoms with Gasteiger partial charge in [-0.1, -0.05) is 45.0 Å². The van der Waals surface area contributed by atoms with Crippen molar-refractivity contribution in [2.45, 2.75) is 33.7 Å².